The lowest BCUT2D eigenvalue weighted by Crippen LogP contribution is -2.47. The first-order valence-corrected chi connectivity index (χ1v) is 6.17. The highest BCUT2D eigenvalue weighted by Crippen LogP contribution is 2.09. The van der Waals surface area contributed by atoms with Crippen LogP contribution in [-0.4, -0.2) is 49.1 Å². The number of piperazine rings is 1. The van der Waals surface area contributed by atoms with Crippen molar-refractivity contribution in [3.8, 4) is 0 Å². The van der Waals surface area contributed by atoms with Crippen molar-refractivity contribution >= 4 is 0 Å². The molecule has 2 N–H and O–H groups in total. The second-order valence-electron chi connectivity index (χ2n) is 4.54. The fraction of sp³-hybridized carbons (Fsp3) is 0.538. The van der Waals surface area contributed by atoms with Gasteiger partial charge in [-0.1, -0.05) is 12.1 Å². The van der Waals surface area contributed by atoms with Crippen molar-refractivity contribution in [2.75, 3.05) is 39.3 Å². The quantitative estimate of drug-likeness (QED) is 0.844. The fourth-order valence-electron chi connectivity index (χ4n) is 2.25. The van der Waals surface area contributed by atoms with Crippen LogP contribution in [0.5, 0.6) is 0 Å². The van der Waals surface area contributed by atoms with Gasteiger partial charge in [0.15, 0.2) is 0 Å². The molecule has 0 radical (unpaired) electrons. The van der Waals surface area contributed by atoms with Crippen LogP contribution in [0, 0.1) is 5.82 Å². The Hall–Kier alpha value is -0.970. The molecule has 3 nitrogen and oxygen atoms in total. The minimum absolute atomic E-state index is 0.149. The van der Waals surface area contributed by atoms with Crippen molar-refractivity contribution in [2.45, 2.75) is 6.54 Å². The predicted octanol–water partition coefficient (Wildman–Crippen LogP) is 0.902. The summed E-state index contributed by atoms with van der Waals surface area (Å²) in [6.07, 6.45) is 0. The fourth-order valence-corrected chi connectivity index (χ4v) is 2.25. The molecule has 0 atom stereocenters. The Bertz CT molecular complexity index is 348. The molecule has 1 saturated heterocycles. The molecule has 1 heterocycles. The van der Waals surface area contributed by atoms with Gasteiger partial charge in [-0.15, -0.1) is 0 Å². The van der Waals surface area contributed by atoms with E-state index in [4.69, 9.17) is 5.73 Å². The summed E-state index contributed by atoms with van der Waals surface area (Å²) in [4.78, 5) is 4.74. The number of nitrogens with two attached hydrogens (primary N) is 1. The molecule has 94 valence electrons. The van der Waals surface area contributed by atoms with E-state index >= 15 is 0 Å². The van der Waals surface area contributed by atoms with Gasteiger partial charge in [0, 0.05) is 45.8 Å². The first-order valence-electron chi connectivity index (χ1n) is 6.17. The van der Waals surface area contributed by atoms with Crippen LogP contribution in [0.2, 0.25) is 0 Å². The maximum absolute atomic E-state index is 13.0. The van der Waals surface area contributed by atoms with Crippen LogP contribution in [0.1, 0.15) is 5.56 Å². The molecule has 0 amide bonds. The molecule has 0 spiro atoms. The molecule has 2 rings (SSSR count). The van der Waals surface area contributed by atoms with E-state index < -0.39 is 0 Å². The van der Waals surface area contributed by atoms with Crippen LogP contribution in [0.25, 0.3) is 0 Å². The number of hydrogen-bond acceptors (Lipinski definition) is 3. The topological polar surface area (TPSA) is 32.5 Å². The lowest BCUT2D eigenvalue weighted by Gasteiger charge is -2.34. The molecule has 1 aromatic rings. The minimum Gasteiger partial charge on any atom is -0.329 e. The highest BCUT2D eigenvalue weighted by molar-refractivity contribution is 5.16. The van der Waals surface area contributed by atoms with E-state index in [1.165, 1.54) is 6.07 Å². The first-order chi connectivity index (χ1) is 8.28. The lowest BCUT2D eigenvalue weighted by atomic mass is 10.2. The molecule has 1 aliphatic heterocycles. The maximum Gasteiger partial charge on any atom is 0.123 e. The molecule has 0 bridgehead atoms. The molecular formula is C13H20FN3. The zero-order chi connectivity index (χ0) is 12.1. The van der Waals surface area contributed by atoms with Crippen LogP contribution in [0.15, 0.2) is 24.3 Å². The normalized spacial score (nSPS) is 18.5. The first kappa shape index (κ1) is 12.5. The predicted molar refractivity (Wildman–Crippen MR) is 67.2 cm³/mol. The van der Waals surface area contributed by atoms with Gasteiger partial charge in [-0.3, -0.25) is 9.80 Å². The number of halogens is 1. The Morgan fingerprint density at radius 2 is 1.82 bits per heavy atom. The zero-order valence-corrected chi connectivity index (χ0v) is 10.1. The Morgan fingerprint density at radius 3 is 2.47 bits per heavy atom. The summed E-state index contributed by atoms with van der Waals surface area (Å²) in [5, 5.41) is 0. The van der Waals surface area contributed by atoms with E-state index in [1.54, 1.807) is 12.1 Å². The van der Waals surface area contributed by atoms with E-state index in [0.717, 1.165) is 51.4 Å². The van der Waals surface area contributed by atoms with Gasteiger partial charge in [-0.05, 0) is 17.7 Å². The molecule has 1 aliphatic rings. The minimum atomic E-state index is -0.149. The Balaban J connectivity index is 1.82. The molecule has 17 heavy (non-hydrogen) atoms. The molecule has 0 unspecified atom stereocenters. The van der Waals surface area contributed by atoms with Crippen molar-refractivity contribution in [2.24, 2.45) is 5.73 Å². The zero-order valence-electron chi connectivity index (χ0n) is 10.1. The van der Waals surface area contributed by atoms with Crippen molar-refractivity contribution in [3.63, 3.8) is 0 Å². The van der Waals surface area contributed by atoms with E-state index in [0.29, 0.717) is 0 Å². The molecule has 0 aliphatic carbocycles. The van der Waals surface area contributed by atoms with Gasteiger partial charge < -0.3 is 5.73 Å². The van der Waals surface area contributed by atoms with Gasteiger partial charge in [-0.2, -0.15) is 0 Å². The van der Waals surface area contributed by atoms with Gasteiger partial charge in [0.2, 0.25) is 0 Å². The Kier molecular flexibility index (Phi) is 4.48. The summed E-state index contributed by atoms with van der Waals surface area (Å²) in [7, 11) is 0. The summed E-state index contributed by atoms with van der Waals surface area (Å²) >= 11 is 0. The molecular weight excluding hydrogens is 217 g/mol. The molecule has 0 saturated carbocycles. The summed E-state index contributed by atoms with van der Waals surface area (Å²) < 4.78 is 13.0. The number of benzene rings is 1. The van der Waals surface area contributed by atoms with Crippen LogP contribution in [0.3, 0.4) is 0 Å². The maximum atomic E-state index is 13.0. The Labute approximate surface area is 102 Å². The smallest absolute Gasteiger partial charge is 0.123 e. The highest BCUT2D eigenvalue weighted by Gasteiger charge is 2.16. The van der Waals surface area contributed by atoms with Gasteiger partial charge in [-0.25, -0.2) is 4.39 Å². The van der Waals surface area contributed by atoms with Crippen LogP contribution < -0.4 is 5.73 Å². The largest absolute Gasteiger partial charge is 0.329 e. The van der Waals surface area contributed by atoms with Crippen molar-refractivity contribution in [1.29, 1.82) is 0 Å². The summed E-state index contributed by atoms with van der Waals surface area (Å²) in [5.74, 6) is -0.149. The van der Waals surface area contributed by atoms with E-state index in [1.807, 2.05) is 6.07 Å². The summed E-state index contributed by atoms with van der Waals surface area (Å²) in [5.41, 5.74) is 6.59. The second kappa shape index (κ2) is 6.10. The van der Waals surface area contributed by atoms with Crippen LogP contribution in [0.4, 0.5) is 4.39 Å². The monoisotopic (exact) mass is 237 g/mol. The molecule has 1 aromatic carbocycles. The van der Waals surface area contributed by atoms with Gasteiger partial charge in [0.05, 0.1) is 0 Å². The number of hydrogen-bond donors (Lipinski definition) is 1. The summed E-state index contributed by atoms with van der Waals surface area (Å²) in [6.45, 7) is 6.75. The van der Waals surface area contributed by atoms with Crippen molar-refractivity contribution in [1.82, 2.24) is 9.80 Å². The average Bonchev–Trinajstić information content (AvgIpc) is 2.32. The lowest BCUT2D eigenvalue weighted by molar-refractivity contribution is 0.130. The SMILES string of the molecule is NCCN1CCN(Cc2cccc(F)c2)CC1. The average molecular weight is 237 g/mol. The van der Waals surface area contributed by atoms with E-state index in [-0.39, 0.29) is 5.82 Å². The number of nitrogens with zero attached hydrogens (tertiary/aromatic N) is 2. The van der Waals surface area contributed by atoms with Gasteiger partial charge in [0.1, 0.15) is 5.82 Å². The molecule has 1 fully saturated rings. The van der Waals surface area contributed by atoms with Gasteiger partial charge >= 0.3 is 0 Å². The third-order valence-corrected chi connectivity index (χ3v) is 3.21. The van der Waals surface area contributed by atoms with Gasteiger partial charge in [0.25, 0.3) is 0 Å². The molecule has 0 aromatic heterocycles. The molecule has 4 heteroatoms. The Morgan fingerprint density at radius 1 is 1.12 bits per heavy atom. The highest BCUT2D eigenvalue weighted by atomic mass is 19.1. The summed E-state index contributed by atoms with van der Waals surface area (Å²) in [6, 6.07) is 6.86. The van der Waals surface area contributed by atoms with E-state index in [2.05, 4.69) is 9.80 Å². The standard InChI is InChI=1S/C13H20FN3/c14-13-3-1-2-12(10-13)11-17-8-6-16(5-4-15)7-9-17/h1-3,10H,4-9,11,15H2. The van der Waals surface area contributed by atoms with Crippen molar-refractivity contribution < 1.29 is 4.39 Å². The third kappa shape index (κ3) is 3.77. The van der Waals surface area contributed by atoms with E-state index in [9.17, 15) is 4.39 Å². The van der Waals surface area contributed by atoms with Crippen LogP contribution >= 0.6 is 0 Å². The number of rotatable bonds is 4. The third-order valence-electron chi connectivity index (χ3n) is 3.21. The van der Waals surface area contributed by atoms with Crippen molar-refractivity contribution in [3.05, 3.63) is 35.6 Å². The van der Waals surface area contributed by atoms with Crippen LogP contribution in [-0.2, 0) is 6.54 Å². The second-order valence-corrected chi connectivity index (χ2v) is 4.54.